The Morgan fingerprint density at radius 3 is 2.67 bits per heavy atom. The largest absolute Gasteiger partial charge is 0.335 e. The van der Waals surface area contributed by atoms with E-state index in [1.165, 1.54) is 0 Å². The highest BCUT2D eigenvalue weighted by molar-refractivity contribution is 7.98. The number of carbonyl (C=O) groups is 1. The fourth-order valence-electron chi connectivity index (χ4n) is 1.27. The van der Waals surface area contributed by atoms with Gasteiger partial charge in [0.2, 0.25) is 0 Å². The molecule has 0 fully saturated rings. The molecule has 3 nitrogen and oxygen atoms in total. The van der Waals surface area contributed by atoms with Gasteiger partial charge in [-0.15, -0.1) is 6.58 Å². The van der Waals surface area contributed by atoms with E-state index in [4.69, 9.17) is 0 Å². The monoisotopic (exact) mass is 230 g/mol. The highest BCUT2D eigenvalue weighted by Crippen LogP contribution is 1.99. The van der Waals surface area contributed by atoms with E-state index in [0.717, 1.165) is 18.6 Å². The van der Waals surface area contributed by atoms with Gasteiger partial charge in [0.25, 0.3) is 0 Å². The van der Waals surface area contributed by atoms with Crippen LogP contribution in [-0.4, -0.2) is 30.1 Å². The lowest BCUT2D eigenvalue weighted by molar-refractivity contribution is 0.234. The summed E-state index contributed by atoms with van der Waals surface area (Å²) in [5.41, 5.74) is 0. The van der Waals surface area contributed by atoms with Gasteiger partial charge in [0.05, 0.1) is 0 Å². The first-order valence-electron chi connectivity index (χ1n) is 5.30. The smallest absolute Gasteiger partial charge is 0.315 e. The van der Waals surface area contributed by atoms with Gasteiger partial charge in [0.1, 0.15) is 0 Å². The molecule has 0 radical (unpaired) electrons. The molecule has 15 heavy (non-hydrogen) atoms. The summed E-state index contributed by atoms with van der Waals surface area (Å²) < 4.78 is 0. The van der Waals surface area contributed by atoms with Crippen LogP contribution >= 0.6 is 11.8 Å². The minimum absolute atomic E-state index is 0.0785. The van der Waals surface area contributed by atoms with Crippen LogP contribution in [0.5, 0.6) is 0 Å². The van der Waals surface area contributed by atoms with Gasteiger partial charge in [0, 0.05) is 17.8 Å². The van der Waals surface area contributed by atoms with Gasteiger partial charge in [0.15, 0.2) is 0 Å². The molecule has 0 saturated carbocycles. The molecular formula is C11H22N2OS. The van der Waals surface area contributed by atoms with Crippen LogP contribution in [0.4, 0.5) is 4.79 Å². The Balaban J connectivity index is 3.84. The quantitative estimate of drug-likeness (QED) is 0.659. The second-order valence-electron chi connectivity index (χ2n) is 3.60. The maximum absolute atomic E-state index is 11.5. The summed E-state index contributed by atoms with van der Waals surface area (Å²) >= 11 is 1.73. The van der Waals surface area contributed by atoms with Crippen LogP contribution in [0.1, 0.15) is 26.7 Å². The fraction of sp³-hybridized carbons (Fsp3) is 0.727. The third-order valence-electron chi connectivity index (χ3n) is 2.07. The van der Waals surface area contributed by atoms with Crippen molar-refractivity contribution in [2.45, 2.75) is 38.8 Å². The van der Waals surface area contributed by atoms with E-state index in [0.29, 0.717) is 0 Å². The molecule has 0 aliphatic rings. The number of nitrogens with one attached hydrogen (secondary N) is 2. The average molecular weight is 230 g/mol. The molecule has 0 saturated heterocycles. The number of rotatable bonds is 7. The van der Waals surface area contributed by atoms with Crippen LogP contribution in [0.3, 0.4) is 0 Å². The molecule has 0 bridgehead atoms. The van der Waals surface area contributed by atoms with Crippen LogP contribution in [0.2, 0.25) is 0 Å². The van der Waals surface area contributed by atoms with Gasteiger partial charge >= 0.3 is 6.03 Å². The van der Waals surface area contributed by atoms with Gasteiger partial charge in [-0.05, 0) is 26.0 Å². The summed E-state index contributed by atoms with van der Waals surface area (Å²) in [5, 5.41) is 5.83. The Bertz CT molecular complexity index is 197. The second kappa shape index (κ2) is 8.65. The molecule has 2 N–H and O–H groups in total. The summed E-state index contributed by atoms with van der Waals surface area (Å²) in [5.74, 6) is 0.936. The van der Waals surface area contributed by atoms with Gasteiger partial charge < -0.3 is 10.6 Å². The Labute approximate surface area is 97.1 Å². The highest BCUT2D eigenvalue weighted by atomic mass is 32.2. The van der Waals surface area contributed by atoms with Crippen molar-refractivity contribution in [3.63, 3.8) is 0 Å². The van der Waals surface area contributed by atoms with Gasteiger partial charge in [-0.25, -0.2) is 4.79 Å². The third kappa shape index (κ3) is 7.31. The van der Waals surface area contributed by atoms with E-state index in [2.05, 4.69) is 24.1 Å². The predicted octanol–water partition coefficient (Wildman–Crippen LogP) is 2.39. The summed E-state index contributed by atoms with van der Waals surface area (Å²) in [7, 11) is 0. The number of thioether (sulfide) groups is 1. The number of carbonyl (C=O) groups excluding carboxylic acids is 1. The van der Waals surface area contributed by atoms with E-state index in [9.17, 15) is 4.79 Å². The van der Waals surface area contributed by atoms with Crippen LogP contribution in [0.25, 0.3) is 0 Å². The molecule has 0 aromatic rings. The summed E-state index contributed by atoms with van der Waals surface area (Å²) in [6, 6.07) is 0.329. The highest BCUT2D eigenvalue weighted by Gasteiger charge is 2.10. The molecule has 4 heteroatoms. The molecule has 0 aliphatic heterocycles. The zero-order valence-electron chi connectivity index (χ0n) is 9.88. The van der Waals surface area contributed by atoms with Crippen molar-refractivity contribution in [2.24, 2.45) is 0 Å². The van der Waals surface area contributed by atoms with Gasteiger partial charge in [-0.3, -0.25) is 0 Å². The topological polar surface area (TPSA) is 41.1 Å². The van der Waals surface area contributed by atoms with Crippen LogP contribution in [-0.2, 0) is 0 Å². The fourth-order valence-corrected chi connectivity index (χ4v) is 1.85. The first kappa shape index (κ1) is 14.4. The van der Waals surface area contributed by atoms with E-state index >= 15 is 0 Å². The lowest BCUT2D eigenvalue weighted by atomic mass is 10.1. The number of urea groups is 1. The number of amides is 2. The Kier molecular flexibility index (Phi) is 8.28. The molecule has 0 spiro atoms. The molecule has 0 rings (SSSR count). The maximum atomic E-state index is 11.5. The summed E-state index contributed by atoms with van der Waals surface area (Å²) in [6.07, 6.45) is 5.61. The van der Waals surface area contributed by atoms with Crippen molar-refractivity contribution in [1.82, 2.24) is 10.6 Å². The SMILES string of the molecule is C=CC[C@@H](CC)NC(=O)N[C@@H](C)CSC. The standard InChI is InChI=1S/C11H22N2OS/c1-5-7-10(6-2)13-11(14)12-9(3)8-15-4/h5,9-10H,1,6-8H2,2-4H3,(H2,12,13,14)/t9-,10+/m0/s1. The number of hydrogen-bond donors (Lipinski definition) is 2. The van der Waals surface area contributed by atoms with Crippen molar-refractivity contribution >= 4 is 17.8 Å². The van der Waals surface area contributed by atoms with E-state index < -0.39 is 0 Å². The van der Waals surface area contributed by atoms with E-state index in [1.54, 1.807) is 11.8 Å². The molecule has 0 aliphatic carbocycles. The van der Waals surface area contributed by atoms with Crippen LogP contribution < -0.4 is 10.6 Å². The summed E-state index contributed by atoms with van der Waals surface area (Å²) in [4.78, 5) is 11.5. The normalized spacial score (nSPS) is 14.1. The minimum Gasteiger partial charge on any atom is -0.335 e. The first-order valence-corrected chi connectivity index (χ1v) is 6.70. The molecule has 88 valence electrons. The Morgan fingerprint density at radius 1 is 1.53 bits per heavy atom. The molecule has 0 aromatic carbocycles. The lowest BCUT2D eigenvalue weighted by Gasteiger charge is -2.18. The number of hydrogen-bond acceptors (Lipinski definition) is 2. The maximum Gasteiger partial charge on any atom is 0.315 e. The van der Waals surface area contributed by atoms with E-state index in [1.807, 2.05) is 19.3 Å². The second-order valence-corrected chi connectivity index (χ2v) is 4.51. The Morgan fingerprint density at radius 2 is 2.20 bits per heavy atom. The first-order chi connectivity index (χ1) is 7.13. The van der Waals surface area contributed by atoms with Gasteiger partial charge in [-0.2, -0.15) is 11.8 Å². The molecule has 0 unspecified atom stereocenters. The molecule has 2 amide bonds. The predicted molar refractivity (Wildman–Crippen MR) is 68.4 cm³/mol. The summed E-state index contributed by atoms with van der Waals surface area (Å²) in [6.45, 7) is 7.73. The van der Waals surface area contributed by atoms with E-state index in [-0.39, 0.29) is 18.1 Å². The zero-order chi connectivity index (χ0) is 11.7. The zero-order valence-corrected chi connectivity index (χ0v) is 10.7. The molecular weight excluding hydrogens is 208 g/mol. The Hall–Kier alpha value is -0.640. The molecule has 0 aromatic heterocycles. The molecule has 2 atom stereocenters. The van der Waals surface area contributed by atoms with Crippen molar-refractivity contribution in [3.05, 3.63) is 12.7 Å². The minimum atomic E-state index is -0.0785. The van der Waals surface area contributed by atoms with Crippen molar-refractivity contribution in [3.8, 4) is 0 Å². The van der Waals surface area contributed by atoms with Gasteiger partial charge in [-0.1, -0.05) is 13.0 Å². The van der Waals surface area contributed by atoms with Crippen molar-refractivity contribution in [2.75, 3.05) is 12.0 Å². The lowest BCUT2D eigenvalue weighted by Crippen LogP contribution is -2.45. The van der Waals surface area contributed by atoms with Crippen molar-refractivity contribution in [1.29, 1.82) is 0 Å². The van der Waals surface area contributed by atoms with Crippen LogP contribution in [0.15, 0.2) is 12.7 Å². The average Bonchev–Trinajstić information content (AvgIpc) is 2.17. The van der Waals surface area contributed by atoms with Crippen molar-refractivity contribution < 1.29 is 4.79 Å². The molecule has 0 heterocycles. The van der Waals surface area contributed by atoms with Crippen LogP contribution in [0, 0.1) is 0 Å². The third-order valence-corrected chi connectivity index (χ3v) is 2.91.